The molecule has 1 aliphatic heterocycles. The van der Waals surface area contributed by atoms with Crippen LogP contribution in [0.2, 0.25) is 0 Å². The fourth-order valence-corrected chi connectivity index (χ4v) is 4.63. The molecule has 0 radical (unpaired) electrons. The summed E-state index contributed by atoms with van der Waals surface area (Å²) < 4.78 is 27.3. The minimum atomic E-state index is -1.93. The largest absolute Gasteiger partial charge is 0.508 e. The van der Waals surface area contributed by atoms with Crippen LogP contribution < -0.4 is 14.9 Å². The van der Waals surface area contributed by atoms with Crippen molar-refractivity contribution in [3.8, 4) is 45.8 Å². The third kappa shape index (κ3) is 6.49. The number of fused-ring (bicyclic) bond motifs is 1. The van der Waals surface area contributed by atoms with Crippen molar-refractivity contribution in [3.63, 3.8) is 0 Å². The zero-order chi connectivity index (χ0) is 32.4. The molecule has 5 rings (SSSR count). The van der Waals surface area contributed by atoms with Crippen LogP contribution in [0.15, 0.2) is 69.9 Å². The second-order valence-electron chi connectivity index (χ2n) is 10.0. The van der Waals surface area contributed by atoms with Crippen molar-refractivity contribution < 1.29 is 63.9 Å². The van der Waals surface area contributed by atoms with Crippen LogP contribution in [-0.4, -0.2) is 86.1 Å². The lowest BCUT2D eigenvalue weighted by Crippen LogP contribution is -2.60. The average molecular weight is 625 g/mol. The van der Waals surface area contributed by atoms with Gasteiger partial charge in [0.2, 0.25) is 17.5 Å². The van der Waals surface area contributed by atoms with Crippen LogP contribution in [-0.2, 0) is 14.3 Å². The zero-order valence-corrected chi connectivity index (χ0v) is 23.4. The first-order chi connectivity index (χ1) is 21.5. The standard InChI is InChI=1S/C31H28O14/c1-41-20-8-5-15(10-18(20)34)29-30(26(38)24-19(35)11-17(33)12-21(24)43-29)45-31-28(40)27(39)25(37)22(44-31)13-42-23(36)9-4-14-2-6-16(32)7-3-14/h2-12,22,25,27-28,31-35,37,39-40H,13H2,1H3. The molecule has 14 nitrogen and oxygen atoms in total. The number of hydrogen-bond donors (Lipinski definition) is 7. The van der Waals surface area contributed by atoms with E-state index in [1.807, 2.05) is 0 Å². The van der Waals surface area contributed by atoms with Crippen molar-refractivity contribution in [1.82, 2.24) is 0 Å². The van der Waals surface area contributed by atoms with E-state index in [9.17, 15) is 45.3 Å². The molecule has 7 N–H and O–H groups in total. The Kier molecular flexibility index (Phi) is 8.83. The SMILES string of the molecule is COc1ccc(-c2oc3cc(O)cc(O)c3c(=O)c2OC2OC(COC(=O)C=Cc3ccc(O)cc3)C(O)C(O)C2O)cc1O. The maximum Gasteiger partial charge on any atom is 0.330 e. The highest BCUT2D eigenvalue weighted by Gasteiger charge is 2.46. The third-order valence-electron chi connectivity index (χ3n) is 6.96. The van der Waals surface area contributed by atoms with Gasteiger partial charge in [-0.2, -0.15) is 0 Å². The molecule has 0 saturated carbocycles. The van der Waals surface area contributed by atoms with E-state index in [0.29, 0.717) is 5.56 Å². The summed E-state index contributed by atoms with van der Waals surface area (Å²) in [5.41, 5.74) is -0.567. The highest BCUT2D eigenvalue weighted by Crippen LogP contribution is 2.39. The van der Waals surface area contributed by atoms with Crippen LogP contribution in [0.4, 0.5) is 0 Å². The number of aliphatic hydroxyl groups excluding tert-OH is 3. The smallest absolute Gasteiger partial charge is 0.330 e. The second-order valence-corrected chi connectivity index (χ2v) is 10.0. The number of aliphatic hydroxyl groups is 3. The van der Waals surface area contributed by atoms with Gasteiger partial charge in [-0.05, 0) is 42.0 Å². The lowest BCUT2D eigenvalue weighted by Gasteiger charge is -2.39. The van der Waals surface area contributed by atoms with E-state index in [2.05, 4.69) is 0 Å². The Hall–Kier alpha value is -5.28. The van der Waals surface area contributed by atoms with Crippen LogP contribution in [0, 0.1) is 0 Å². The minimum absolute atomic E-state index is 0.0440. The quantitative estimate of drug-likeness (QED) is 0.110. The van der Waals surface area contributed by atoms with Crippen LogP contribution in [0.1, 0.15) is 5.56 Å². The summed E-state index contributed by atoms with van der Waals surface area (Å²) in [6, 6.07) is 11.9. The molecule has 1 fully saturated rings. The van der Waals surface area contributed by atoms with Crippen molar-refractivity contribution in [2.24, 2.45) is 0 Å². The molecule has 0 aliphatic carbocycles. The number of esters is 1. The first-order valence-electron chi connectivity index (χ1n) is 13.4. The topological polar surface area (TPSA) is 226 Å². The Bertz CT molecular complexity index is 1800. The maximum atomic E-state index is 13.6. The predicted octanol–water partition coefficient (Wildman–Crippen LogP) is 1.73. The number of carbonyl (C=O) groups excluding carboxylic acids is 1. The van der Waals surface area contributed by atoms with Gasteiger partial charge in [0.15, 0.2) is 17.3 Å². The number of methoxy groups -OCH3 is 1. The molecular formula is C31H28O14. The number of benzene rings is 3. The zero-order valence-electron chi connectivity index (χ0n) is 23.4. The lowest BCUT2D eigenvalue weighted by molar-refractivity contribution is -0.278. The van der Waals surface area contributed by atoms with E-state index in [4.69, 9.17) is 23.4 Å². The molecule has 1 aliphatic rings. The molecule has 1 aromatic heterocycles. The summed E-state index contributed by atoms with van der Waals surface area (Å²) in [5, 5.41) is 71.4. The number of ether oxygens (including phenoxy) is 4. The number of phenolic OH excluding ortho intramolecular Hbond substituents is 4. The molecule has 0 amide bonds. The summed E-state index contributed by atoms with van der Waals surface area (Å²) in [6.07, 6.45) is -6.34. The summed E-state index contributed by atoms with van der Waals surface area (Å²) in [5.74, 6) is -3.07. The fraction of sp³-hybridized carbons (Fsp3) is 0.226. The third-order valence-corrected chi connectivity index (χ3v) is 6.96. The number of aromatic hydroxyl groups is 4. The van der Waals surface area contributed by atoms with E-state index < -0.39 is 71.3 Å². The van der Waals surface area contributed by atoms with Gasteiger partial charge in [0.25, 0.3) is 0 Å². The summed E-state index contributed by atoms with van der Waals surface area (Å²) in [7, 11) is 1.33. The van der Waals surface area contributed by atoms with E-state index in [1.54, 1.807) is 12.1 Å². The van der Waals surface area contributed by atoms with Gasteiger partial charge < -0.3 is 59.1 Å². The molecule has 236 valence electrons. The van der Waals surface area contributed by atoms with E-state index in [-0.39, 0.29) is 34.2 Å². The summed E-state index contributed by atoms with van der Waals surface area (Å²) in [4.78, 5) is 25.9. The summed E-state index contributed by atoms with van der Waals surface area (Å²) >= 11 is 0. The monoisotopic (exact) mass is 624 g/mol. The molecule has 45 heavy (non-hydrogen) atoms. The molecule has 5 unspecified atom stereocenters. The Balaban J connectivity index is 1.44. The first-order valence-corrected chi connectivity index (χ1v) is 13.4. The molecule has 3 aromatic carbocycles. The van der Waals surface area contributed by atoms with Crippen molar-refractivity contribution in [2.45, 2.75) is 30.7 Å². The lowest BCUT2D eigenvalue weighted by atomic mass is 9.99. The van der Waals surface area contributed by atoms with Gasteiger partial charge in [0, 0.05) is 23.8 Å². The van der Waals surface area contributed by atoms with E-state index in [1.165, 1.54) is 43.5 Å². The number of phenols is 4. The Morgan fingerprint density at radius 3 is 2.31 bits per heavy atom. The molecule has 0 bridgehead atoms. The summed E-state index contributed by atoms with van der Waals surface area (Å²) in [6.45, 7) is -0.602. The molecule has 1 saturated heterocycles. The second kappa shape index (κ2) is 12.8. The van der Waals surface area contributed by atoms with E-state index in [0.717, 1.165) is 18.2 Å². The minimum Gasteiger partial charge on any atom is -0.508 e. The van der Waals surface area contributed by atoms with Crippen LogP contribution >= 0.6 is 0 Å². The fourth-order valence-electron chi connectivity index (χ4n) is 4.63. The molecule has 2 heterocycles. The Labute approximate surface area is 253 Å². The van der Waals surface area contributed by atoms with Gasteiger partial charge >= 0.3 is 5.97 Å². The van der Waals surface area contributed by atoms with Crippen molar-refractivity contribution >= 4 is 23.0 Å². The van der Waals surface area contributed by atoms with Gasteiger partial charge in [0.1, 0.15) is 59.2 Å². The molecule has 0 spiro atoms. The Morgan fingerprint density at radius 2 is 1.62 bits per heavy atom. The van der Waals surface area contributed by atoms with E-state index >= 15 is 0 Å². The molecule has 4 aromatic rings. The normalized spacial score (nSPS) is 21.6. The molecular weight excluding hydrogens is 596 g/mol. The predicted molar refractivity (Wildman–Crippen MR) is 155 cm³/mol. The van der Waals surface area contributed by atoms with Gasteiger partial charge in [-0.15, -0.1) is 0 Å². The average Bonchev–Trinajstić information content (AvgIpc) is 3.01. The van der Waals surface area contributed by atoms with Crippen molar-refractivity contribution in [2.75, 3.05) is 13.7 Å². The first kappa shape index (κ1) is 31.2. The van der Waals surface area contributed by atoms with Gasteiger partial charge in [-0.3, -0.25) is 4.79 Å². The van der Waals surface area contributed by atoms with Crippen molar-refractivity contribution in [1.29, 1.82) is 0 Å². The van der Waals surface area contributed by atoms with Crippen molar-refractivity contribution in [3.05, 3.63) is 76.5 Å². The number of carbonyl (C=O) groups is 1. The highest BCUT2D eigenvalue weighted by atomic mass is 16.7. The highest BCUT2D eigenvalue weighted by molar-refractivity contribution is 5.88. The number of hydrogen-bond acceptors (Lipinski definition) is 14. The van der Waals surface area contributed by atoms with Crippen LogP contribution in [0.3, 0.4) is 0 Å². The maximum absolute atomic E-state index is 13.6. The number of rotatable bonds is 8. The van der Waals surface area contributed by atoms with Gasteiger partial charge in [0.05, 0.1) is 7.11 Å². The van der Waals surface area contributed by atoms with Gasteiger partial charge in [-0.1, -0.05) is 12.1 Å². The van der Waals surface area contributed by atoms with Crippen LogP contribution in [0.5, 0.6) is 34.5 Å². The molecule has 5 atom stereocenters. The van der Waals surface area contributed by atoms with Gasteiger partial charge in [-0.25, -0.2) is 4.79 Å². The Morgan fingerprint density at radius 1 is 0.889 bits per heavy atom. The van der Waals surface area contributed by atoms with Crippen LogP contribution in [0.25, 0.3) is 28.4 Å². The molecule has 14 heteroatoms.